The predicted molar refractivity (Wildman–Crippen MR) is 68.7 cm³/mol. The Morgan fingerprint density at radius 3 is 2.59 bits per heavy atom. The van der Waals surface area contributed by atoms with Crippen molar-refractivity contribution in [2.45, 2.75) is 46.1 Å². The molecule has 0 fully saturated rings. The lowest BCUT2D eigenvalue weighted by atomic mass is 10.1. The van der Waals surface area contributed by atoms with Crippen LogP contribution in [0.25, 0.3) is 0 Å². The molecule has 0 saturated carbocycles. The molecule has 0 atom stereocenters. The molecule has 0 aliphatic carbocycles. The van der Waals surface area contributed by atoms with Crippen molar-refractivity contribution in [2.75, 3.05) is 5.73 Å². The van der Waals surface area contributed by atoms with E-state index in [1.54, 1.807) is 0 Å². The summed E-state index contributed by atoms with van der Waals surface area (Å²) >= 11 is 0. The molecular formula is C13H19N3O. The standard InChI is InChI=1S/C13H19N3O/c1-6-8-10-15-11(14)9(3)12(16-10)17-13(4,5)7-2/h2H,6,8H2,1,3-5H3,(H2,14,15,16). The Morgan fingerprint density at radius 1 is 1.41 bits per heavy atom. The van der Waals surface area contributed by atoms with E-state index in [1.165, 1.54) is 0 Å². The van der Waals surface area contributed by atoms with Gasteiger partial charge in [0.05, 0.1) is 5.56 Å². The van der Waals surface area contributed by atoms with Crippen LogP contribution in [0.1, 0.15) is 38.6 Å². The van der Waals surface area contributed by atoms with E-state index < -0.39 is 5.60 Å². The maximum absolute atomic E-state index is 5.83. The Balaban J connectivity index is 3.10. The van der Waals surface area contributed by atoms with Crippen LogP contribution in [-0.2, 0) is 6.42 Å². The third-order valence-corrected chi connectivity index (χ3v) is 2.36. The SMILES string of the molecule is C#CC(C)(C)Oc1nc(CCC)nc(N)c1C. The van der Waals surface area contributed by atoms with Gasteiger partial charge in [0.25, 0.3) is 0 Å². The zero-order chi connectivity index (χ0) is 13.1. The number of nitrogens with zero attached hydrogens (tertiary/aromatic N) is 2. The number of aromatic nitrogens is 2. The molecule has 0 amide bonds. The van der Waals surface area contributed by atoms with Gasteiger partial charge in [-0.25, -0.2) is 4.98 Å². The summed E-state index contributed by atoms with van der Waals surface area (Å²) in [7, 11) is 0. The lowest BCUT2D eigenvalue weighted by molar-refractivity contribution is 0.162. The monoisotopic (exact) mass is 233 g/mol. The van der Waals surface area contributed by atoms with Crippen molar-refractivity contribution >= 4 is 5.82 Å². The summed E-state index contributed by atoms with van der Waals surface area (Å²) in [5, 5.41) is 0. The number of rotatable bonds is 4. The number of hydrogen-bond donors (Lipinski definition) is 1. The van der Waals surface area contributed by atoms with Gasteiger partial charge in [-0.2, -0.15) is 4.98 Å². The van der Waals surface area contributed by atoms with Crippen LogP contribution in [0, 0.1) is 19.3 Å². The maximum Gasteiger partial charge on any atom is 0.223 e. The number of nitrogens with two attached hydrogens (primary N) is 1. The van der Waals surface area contributed by atoms with Crippen LogP contribution in [0.5, 0.6) is 5.88 Å². The second kappa shape index (κ2) is 5.05. The Kier molecular flexibility index (Phi) is 3.95. The van der Waals surface area contributed by atoms with E-state index in [9.17, 15) is 0 Å². The molecule has 0 saturated heterocycles. The molecule has 1 aromatic heterocycles. The normalized spacial score (nSPS) is 11.0. The summed E-state index contributed by atoms with van der Waals surface area (Å²) in [6.45, 7) is 7.51. The maximum atomic E-state index is 5.83. The first-order valence-corrected chi connectivity index (χ1v) is 5.69. The van der Waals surface area contributed by atoms with Gasteiger partial charge in [-0.1, -0.05) is 12.8 Å². The predicted octanol–water partition coefficient (Wildman–Crippen LogP) is 2.11. The van der Waals surface area contributed by atoms with E-state index in [0.717, 1.165) is 18.4 Å². The minimum atomic E-state index is -0.699. The van der Waals surface area contributed by atoms with Gasteiger partial charge in [0.1, 0.15) is 11.6 Å². The van der Waals surface area contributed by atoms with Crippen LogP contribution in [0.3, 0.4) is 0 Å². The molecule has 0 aromatic carbocycles. The average Bonchev–Trinajstić information content (AvgIpc) is 2.25. The lowest BCUT2D eigenvalue weighted by Crippen LogP contribution is -2.27. The van der Waals surface area contributed by atoms with E-state index in [4.69, 9.17) is 16.9 Å². The van der Waals surface area contributed by atoms with Crippen molar-refractivity contribution in [2.24, 2.45) is 0 Å². The molecule has 1 rings (SSSR count). The lowest BCUT2D eigenvalue weighted by Gasteiger charge is -2.21. The van der Waals surface area contributed by atoms with Gasteiger partial charge >= 0.3 is 0 Å². The summed E-state index contributed by atoms with van der Waals surface area (Å²) in [6.07, 6.45) is 7.12. The van der Waals surface area contributed by atoms with Crippen molar-refractivity contribution in [1.82, 2.24) is 9.97 Å². The van der Waals surface area contributed by atoms with E-state index in [-0.39, 0.29) is 0 Å². The second-order valence-electron chi connectivity index (χ2n) is 4.46. The fourth-order valence-electron chi connectivity index (χ4n) is 1.26. The van der Waals surface area contributed by atoms with Crippen molar-refractivity contribution in [3.63, 3.8) is 0 Å². The highest BCUT2D eigenvalue weighted by molar-refractivity contribution is 5.44. The molecule has 1 heterocycles. The zero-order valence-corrected chi connectivity index (χ0v) is 10.9. The van der Waals surface area contributed by atoms with Crippen LogP contribution in [0.2, 0.25) is 0 Å². The summed E-state index contributed by atoms with van der Waals surface area (Å²) in [5.74, 6) is 4.18. The third kappa shape index (κ3) is 3.35. The summed E-state index contributed by atoms with van der Waals surface area (Å²) in [4.78, 5) is 8.56. The van der Waals surface area contributed by atoms with Gasteiger partial charge in [0.15, 0.2) is 5.60 Å². The van der Waals surface area contributed by atoms with Crippen LogP contribution in [-0.4, -0.2) is 15.6 Å². The van der Waals surface area contributed by atoms with Crippen LogP contribution in [0.15, 0.2) is 0 Å². The fourth-order valence-corrected chi connectivity index (χ4v) is 1.26. The zero-order valence-electron chi connectivity index (χ0n) is 10.9. The Morgan fingerprint density at radius 2 is 2.06 bits per heavy atom. The van der Waals surface area contributed by atoms with E-state index >= 15 is 0 Å². The van der Waals surface area contributed by atoms with Crippen LogP contribution in [0.4, 0.5) is 5.82 Å². The van der Waals surface area contributed by atoms with Gasteiger partial charge in [0, 0.05) is 6.42 Å². The number of terminal acetylenes is 1. The topological polar surface area (TPSA) is 61.0 Å². The smallest absolute Gasteiger partial charge is 0.223 e. The molecule has 17 heavy (non-hydrogen) atoms. The van der Waals surface area contributed by atoms with Crippen molar-refractivity contribution in [3.05, 3.63) is 11.4 Å². The molecule has 0 aliphatic heterocycles. The Labute approximate surface area is 103 Å². The molecular weight excluding hydrogens is 214 g/mol. The van der Waals surface area contributed by atoms with Gasteiger partial charge in [-0.3, -0.25) is 0 Å². The number of ether oxygens (including phenoxy) is 1. The second-order valence-corrected chi connectivity index (χ2v) is 4.46. The largest absolute Gasteiger partial charge is 0.458 e. The Bertz CT molecular complexity index is 447. The van der Waals surface area contributed by atoms with Crippen molar-refractivity contribution in [1.29, 1.82) is 0 Å². The Hall–Kier alpha value is -1.76. The molecule has 0 spiro atoms. The highest BCUT2D eigenvalue weighted by atomic mass is 16.5. The van der Waals surface area contributed by atoms with Crippen LogP contribution < -0.4 is 10.5 Å². The number of nitrogen functional groups attached to an aromatic ring is 1. The summed E-state index contributed by atoms with van der Waals surface area (Å²) < 4.78 is 5.68. The molecule has 0 radical (unpaired) electrons. The third-order valence-electron chi connectivity index (χ3n) is 2.36. The van der Waals surface area contributed by atoms with Gasteiger partial charge < -0.3 is 10.5 Å². The molecule has 92 valence electrons. The summed E-state index contributed by atoms with van der Waals surface area (Å²) in [5.41, 5.74) is 5.86. The van der Waals surface area contributed by atoms with Crippen molar-refractivity contribution < 1.29 is 4.74 Å². The molecule has 4 heteroatoms. The first kappa shape index (κ1) is 13.3. The van der Waals surface area contributed by atoms with Gasteiger partial charge in [-0.05, 0) is 27.2 Å². The number of anilines is 1. The minimum absolute atomic E-state index is 0.450. The van der Waals surface area contributed by atoms with Gasteiger partial charge in [0.2, 0.25) is 5.88 Å². The van der Waals surface area contributed by atoms with E-state index in [2.05, 4.69) is 22.8 Å². The molecule has 1 aromatic rings. The fraction of sp³-hybridized carbons (Fsp3) is 0.538. The van der Waals surface area contributed by atoms with E-state index in [1.807, 2.05) is 20.8 Å². The van der Waals surface area contributed by atoms with E-state index in [0.29, 0.717) is 17.5 Å². The number of aryl methyl sites for hydroxylation is 1. The first-order valence-electron chi connectivity index (χ1n) is 5.69. The minimum Gasteiger partial charge on any atom is -0.458 e. The molecule has 4 nitrogen and oxygen atoms in total. The van der Waals surface area contributed by atoms with Crippen LogP contribution >= 0.6 is 0 Å². The molecule has 2 N–H and O–H groups in total. The molecule has 0 aliphatic rings. The molecule has 0 bridgehead atoms. The highest BCUT2D eigenvalue weighted by Crippen LogP contribution is 2.23. The van der Waals surface area contributed by atoms with Gasteiger partial charge in [-0.15, -0.1) is 6.42 Å². The average molecular weight is 233 g/mol. The highest BCUT2D eigenvalue weighted by Gasteiger charge is 2.19. The molecule has 0 unspecified atom stereocenters. The first-order chi connectivity index (χ1) is 7.89. The van der Waals surface area contributed by atoms with Crippen molar-refractivity contribution in [3.8, 4) is 18.2 Å². The quantitative estimate of drug-likeness (QED) is 0.809. The summed E-state index contributed by atoms with van der Waals surface area (Å²) in [6, 6.07) is 0. The number of hydrogen-bond acceptors (Lipinski definition) is 4.